The molecule has 1 atom stereocenters. The molecule has 1 rings (SSSR count). The number of hydrogen-bond donors (Lipinski definition) is 0. The summed E-state index contributed by atoms with van der Waals surface area (Å²) < 4.78 is 9.01. The van der Waals surface area contributed by atoms with E-state index in [2.05, 4.69) is 11.3 Å². The molecule has 0 spiro atoms. The SMILES string of the molecule is C=CC(=O)OC(C)N1CCCC1=O.COC(C)=O. The van der Waals surface area contributed by atoms with Crippen LogP contribution < -0.4 is 0 Å². The normalized spacial score (nSPS) is 15.3. The van der Waals surface area contributed by atoms with E-state index >= 15 is 0 Å². The molecule has 1 aliphatic heterocycles. The monoisotopic (exact) mass is 257 g/mol. The van der Waals surface area contributed by atoms with Crippen molar-refractivity contribution in [3.05, 3.63) is 12.7 Å². The van der Waals surface area contributed by atoms with Gasteiger partial charge in [-0.25, -0.2) is 4.79 Å². The second-order valence-electron chi connectivity index (χ2n) is 3.63. The van der Waals surface area contributed by atoms with Crippen LogP contribution in [0.3, 0.4) is 0 Å². The maximum atomic E-state index is 11.2. The van der Waals surface area contributed by atoms with Crippen molar-refractivity contribution < 1.29 is 23.9 Å². The third-order valence-corrected chi connectivity index (χ3v) is 2.29. The molecule has 1 saturated heterocycles. The van der Waals surface area contributed by atoms with Gasteiger partial charge in [0.15, 0.2) is 6.23 Å². The fourth-order valence-electron chi connectivity index (χ4n) is 1.33. The van der Waals surface area contributed by atoms with E-state index in [1.807, 2.05) is 0 Å². The highest BCUT2D eigenvalue weighted by Gasteiger charge is 2.26. The van der Waals surface area contributed by atoms with Crippen LogP contribution in [0, 0.1) is 0 Å². The van der Waals surface area contributed by atoms with Crippen molar-refractivity contribution in [3.8, 4) is 0 Å². The van der Waals surface area contributed by atoms with Gasteiger partial charge in [0.2, 0.25) is 5.91 Å². The summed E-state index contributed by atoms with van der Waals surface area (Å²) >= 11 is 0. The summed E-state index contributed by atoms with van der Waals surface area (Å²) in [5, 5.41) is 0. The van der Waals surface area contributed by atoms with Crippen molar-refractivity contribution in [2.75, 3.05) is 13.7 Å². The van der Waals surface area contributed by atoms with Crippen LogP contribution in [0.25, 0.3) is 0 Å². The molecule has 0 aromatic carbocycles. The lowest BCUT2D eigenvalue weighted by molar-refractivity contribution is -0.156. The number of hydrogen-bond acceptors (Lipinski definition) is 5. The second kappa shape index (κ2) is 8.27. The molecular formula is C12H19NO5. The van der Waals surface area contributed by atoms with Crippen molar-refractivity contribution in [2.45, 2.75) is 32.9 Å². The minimum absolute atomic E-state index is 0.0457. The number of likely N-dealkylation sites (tertiary alicyclic amines) is 1. The van der Waals surface area contributed by atoms with Gasteiger partial charge in [-0.1, -0.05) is 6.58 Å². The Morgan fingerprint density at radius 1 is 1.50 bits per heavy atom. The van der Waals surface area contributed by atoms with Gasteiger partial charge in [-0.05, 0) is 13.3 Å². The molecule has 0 radical (unpaired) electrons. The highest BCUT2D eigenvalue weighted by molar-refractivity contribution is 5.82. The van der Waals surface area contributed by atoms with Gasteiger partial charge in [0, 0.05) is 26.0 Å². The molecule has 0 aromatic heterocycles. The minimum atomic E-state index is -0.493. The fraction of sp³-hybridized carbons (Fsp3) is 0.583. The van der Waals surface area contributed by atoms with Crippen LogP contribution in [-0.2, 0) is 23.9 Å². The molecule has 6 nitrogen and oxygen atoms in total. The average Bonchev–Trinajstić information content (AvgIpc) is 2.76. The van der Waals surface area contributed by atoms with E-state index in [1.54, 1.807) is 11.8 Å². The predicted octanol–water partition coefficient (Wildman–Crippen LogP) is 0.863. The molecule has 18 heavy (non-hydrogen) atoms. The Morgan fingerprint density at radius 2 is 2.06 bits per heavy atom. The van der Waals surface area contributed by atoms with Crippen molar-refractivity contribution in [1.82, 2.24) is 4.90 Å². The number of esters is 2. The molecule has 1 amide bonds. The van der Waals surface area contributed by atoms with Gasteiger partial charge in [0.05, 0.1) is 7.11 Å². The lowest BCUT2D eigenvalue weighted by Crippen LogP contribution is -2.37. The number of nitrogens with zero attached hydrogens (tertiary/aromatic N) is 1. The Hall–Kier alpha value is -1.85. The Balaban J connectivity index is 0.000000494. The van der Waals surface area contributed by atoms with Crippen LogP contribution in [0.1, 0.15) is 26.7 Å². The van der Waals surface area contributed by atoms with E-state index in [1.165, 1.54) is 14.0 Å². The van der Waals surface area contributed by atoms with Crippen LogP contribution in [-0.4, -0.2) is 42.6 Å². The minimum Gasteiger partial charge on any atom is -0.469 e. The summed E-state index contributed by atoms with van der Waals surface area (Å²) in [5.41, 5.74) is 0. The molecule has 1 aliphatic rings. The molecule has 6 heteroatoms. The van der Waals surface area contributed by atoms with Gasteiger partial charge < -0.3 is 14.4 Å². The van der Waals surface area contributed by atoms with Gasteiger partial charge >= 0.3 is 11.9 Å². The number of amides is 1. The summed E-state index contributed by atoms with van der Waals surface area (Å²) in [7, 11) is 1.35. The second-order valence-corrected chi connectivity index (χ2v) is 3.63. The summed E-state index contributed by atoms with van der Waals surface area (Å²) in [4.78, 5) is 33.1. The van der Waals surface area contributed by atoms with Gasteiger partial charge in [-0.2, -0.15) is 0 Å². The first-order valence-corrected chi connectivity index (χ1v) is 5.59. The zero-order chi connectivity index (χ0) is 14.1. The van der Waals surface area contributed by atoms with E-state index < -0.39 is 12.2 Å². The van der Waals surface area contributed by atoms with Gasteiger partial charge in [0.25, 0.3) is 0 Å². The molecule has 0 N–H and O–H groups in total. The maximum absolute atomic E-state index is 11.2. The lowest BCUT2D eigenvalue weighted by Gasteiger charge is -2.23. The topological polar surface area (TPSA) is 72.9 Å². The van der Waals surface area contributed by atoms with E-state index in [0.29, 0.717) is 13.0 Å². The molecular weight excluding hydrogens is 238 g/mol. The summed E-state index contributed by atoms with van der Waals surface area (Å²) in [6.45, 7) is 7.00. The molecule has 0 saturated carbocycles. The third-order valence-electron chi connectivity index (χ3n) is 2.29. The Labute approximate surface area is 107 Å². The molecule has 1 fully saturated rings. The predicted molar refractivity (Wildman–Crippen MR) is 64.4 cm³/mol. The third kappa shape index (κ3) is 6.03. The Morgan fingerprint density at radius 3 is 2.39 bits per heavy atom. The zero-order valence-corrected chi connectivity index (χ0v) is 11.0. The quantitative estimate of drug-likeness (QED) is 0.554. The molecule has 0 bridgehead atoms. The van der Waals surface area contributed by atoms with Gasteiger partial charge in [-0.15, -0.1) is 0 Å². The summed E-state index contributed by atoms with van der Waals surface area (Å²) in [5.74, 6) is -0.693. The molecule has 1 unspecified atom stereocenters. The molecule has 0 aromatic rings. The van der Waals surface area contributed by atoms with E-state index in [4.69, 9.17) is 4.74 Å². The number of rotatable bonds is 3. The number of ether oxygens (including phenoxy) is 2. The highest BCUT2D eigenvalue weighted by Crippen LogP contribution is 2.14. The Kier molecular flexibility index (Phi) is 7.42. The first-order valence-electron chi connectivity index (χ1n) is 5.59. The zero-order valence-electron chi connectivity index (χ0n) is 11.0. The largest absolute Gasteiger partial charge is 0.469 e. The number of carbonyl (C=O) groups is 3. The average molecular weight is 257 g/mol. The number of methoxy groups -OCH3 is 1. The van der Waals surface area contributed by atoms with Gasteiger partial charge in [0.1, 0.15) is 0 Å². The summed E-state index contributed by atoms with van der Waals surface area (Å²) in [6.07, 6.45) is 2.02. The van der Waals surface area contributed by atoms with Crippen LogP contribution in [0.4, 0.5) is 0 Å². The van der Waals surface area contributed by atoms with Crippen molar-refractivity contribution in [3.63, 3.8) is 0 Å². The first kappa shape index (κ1) is 16.1. The smallest absolute Gasteiger partial charge is 0.332 e. The van der Waals surface area contributed by atoms with Crippen LogP contribution in [0.5, 0.6) is 0 Å². The van der Waals surface area contributed by atoms with E-state index in [9.17, 15) is 14.4 Å². The molecule has 1 heterocycles. The Bertz CT molecular complexity index is 326. The molecule has 102 valence electrons. The van der Waals surface area contributed by atoms with E-state index in [-0.39, 0.29) is 11.9 Å². The van der Waals surface area contributed by atoms with Crippen molar-refractivity contribution in [1.29, 1.82) is 0 Å². The molecule has 0 aliphatic carbocycles. The first-order chi connectivity index (χ1) is 8.42. The van der Waals surface area contributed by atoms with Crippen LogP contribution >= 0.6 is 0 Å². The number of carbonyl (C=O) groups excluding carboxylic acids is 3. The highest BCUT2D eigenvalue weighted by atomic mass is 16.6. The standard InChI is InChI=1S/C9H13NO3.C3H6O2/c1-3-9(12)13-7(2)10-6-4-5-8(10)11;1-3(4)5-2/h3,7H,1,4-6H2,2H3;1-2H3. The van der Waals surface area contributed by atoms with E-state index in [0.717, 1.165) is 12.5 Å². The lowest BCUT2D eigenvalue weighted by atomic mass is 10.4. The van der Waals surface area contributed by atoms with Crippen LogP contribution in [0.2, 0.25) is 0 Å². The maximum Gasteiger partial charge on any atom is 0.332 e. The summed E-state index contributed by atoms with van der Waals surface area (Å²) in [6, 6.07) is 0. The van der Waals surface area contributed by atoms with Gasteiger partial charge in [-0.3, -0.25) is 9.59 Å². The fourth-order valence-corrected chi connectivity index (χ4v) is 1.33. The van der Waals surface area contributed by atoms with Crippen molar-refractivity contribution in [2.24, 2.45) is 0 Å². The van der Waals surface area contributed by atoms with Crippen LogP contribution in [0.15, 0.2) is 12.7 Å². The van der Waals surface area contributed by atoms with Crippen molar-refractivity contribution >= 4 is 17.8 Å².